The van der Waals surface area contributed by atoms with Gasteiger partial charge in [0.05, 0.1) is 5.41 Å². The molecule has 2 rings (SSSR count). The first-order valence-electron chi connectivity index (χ1n) is 8.17. The minimum absolute atomic E-state index is 0.202. The molecule has 0 radical (unpaired) electrons. The fourth-order valence-electron chi connectivity index (χ4n) is 4.30. The van der Waals surface area contributed by atoms with Gasteiger partial charge in [-0.3, -0.25) is 4.79 Å². The van der Waals surface area contributed by atoms with Crippen molar-refractivity contribution in [3.63, 3.8) is 0 Å². The van der Waals surface area contributed by atoms with E-state index in [9.17, 15) is 14.7 Å². The SMILES string of the molecule is CC(C)(C)[C@]1(C(=O)O)[C@@H](C=CC(=O)OCc2ccccc2)C1(C)C. The van der Waals surface area contributed by atoms with Crippen molar-refractivity contribution >= 4 is 11.9 Å². The highest BCUT2D eigenvalue weighted by atomic mass is 16.5. The number of allylic oxidation sites excluding steroid dienone is 1. The van der Waals surface area contributed by atoms with E-state index in [1.54, 1.807) is 6.08 Å². The second-order valence-electron chi connectivity index (χ2n) is 8.01. The third kappa shape index (κ3) is 2.85. The first kappa shape index (κ1) is 18.2. The topological polar surface area (TPSA) is 63.6 Å². The molecule has 1 aliphatic carbocycles. The third-order valence-corrected chi connectivity index (χ3v) is 5.35. The van der Waals surface area contributed by atoms with Gasteiger partial charge >= 0.3 is 11.9 Å². The molecule has 0 unspecified atom stereocenters. The molecule has 0 saturated heterocycles. The molecule has 0 heterocycles. The normalized spacial score (nSPS) is 25.5. The van der Waals surface area contributed by atoms with E-state index in [4.69, 9.17) is 4.74 Å². The summed E-state index contributed by atoms with van der Waals surface area (Å²) in [7, 11) is 0. The molecule has 0 aromatic heterocycles. The van der Waals surface area contributed by atoms with Crippen LogP contribution in [0.3, 0.4) is 0 Å². The van der Waals surface area contributed by atoms with Crippen LogP contribution < -0.4 is 0 Å². The number of hydrogen-bond donors (Lipinski definition) is 1. The molecule has 4 nitrogen and oxygen atoms in total. The molecule has 2 atom stereocenters. The number of rotatable bonds is 5. The first-order chi connectivity index (χ1) is 11.0. The molecule has 0 bridgehead atoms. The number of hydrogen-bond acceptors (Lipinski definition) is 3. The molecule has 4 heteroatoms. The molecule has 130 valence electrons. The molecule has 1 aromatic rings. The molecule has 1 fully saturated rings. The molecule has 1 aromatic carbocycles. The minimum atomic E-state index is -0.879. The first-order valence-corrected chi connectivity index (χ1v) is 8.17. The van der Waals surface area contributed by atoms with Crippen LogP contribution in [0.2, 0.25) is 0 Å². The van der Waals surface area contributed by atoms with Gasteiger partial charge in [0.15, 0.2) is 0 Å². The van der Waals surface area contributed by atoms with E-state index in [2.05, 4.69) is 0 Å². The lowest BCUT2D eigenvalue weighted by atomic mass is 9.72. The highest BCUT2D eigenvalue weighted by Crippen LogP contribution is 2.76. The average Bonchev–Trinajstić information content (AvgIpc) is 3.01. The van der Waals surface area contributed by atoms with Crippen molar-refractivity contribution in [3.8, 4) is 0 Å². The zero-order valence-corrected chi connectivity index (χ0v) is 15.0. The van der Waals surface area contributed by atoms with Crippen LogP contribution in [0.15, 0.2) is 42.5 Å². The molecular formula is C20H26O4. The van der Waals surface area contributed by atoms with Crippen molar-refractivity contribution in [3.05, 3.63) is 48.0 Å². The van der Waals surface area contributed by atoms with Crippen molar-refractivity contribution in [2.24, 2.45) is 22.2 Å². The van der Waals surface area contributed by atoms with Gasteiger partial charge in [-0.05, 0) is 16.4 Å². The summed E-state index contributed by atoms with van der Waals surface area (Å²) in [5.41, 5.74) is -0.782. The Morgan fingerprint density at radius 1 is 1.21 bits per heavy atom. The van der Waals surface area contributed by atoms with Crippen molar-refractivity contribution in [2.75, 3.05) is 0 Å². The van der Waals surface area contributed by atoms with Crippen molar-refractivity contribution in [1.29, 1.82) is 0 Å². The van der Waals surface area contributed by atoms with Gasteiger partial charge in [-0.25, -0.2) is 4.79 Å². The van der Waals surface area contributed by atoms with Crippen LogP contribution in [-0.4, -0.2) is 17.0 Å². The van der Waals surface area contributed by atoms with E-state index >= 15 is 0 Å². The summed E-state index contributed by atoms with van der Waals surface area (Å²) < 4.78 is 5.22. The quantitative estimate of drug-likeness (QED) is 0.653. The van der Waals surface area contributed by atoms with Gasteiger partial charge < -0.3 is 9.84 Å². The highest BCUT2D eigenvalue weighted by Gasteiger charge is 2.79. The van der Waals surface area contributed by atoms with E-state index in [1.807, 2.05) is 65.0 Å². The van der Waals surface area contributed by atoms with Crippen LogP contribution in [0.25, 0.3) is 0 Å². The standard InChI is InChI=1S/C20H26O4/c1-18(2,3)20(17(22)23)15(19(20,4)5)11-12-16(21)24-13-14-9-7-6-8-10-14/h6-12,15H,13H2,1-5H3,(H,22,23)/t15-,20+/m0/s1. The Labute approximate surface area is 143 Å². The van der Waals surface area contributed by atoms with Crippen molar-refractivity contribution < 1.29 is 19.4 Å². The number of esters is 1. The lowest BCUT2D eigenvalue weighted by molar-refractivity contribution is -0.150. The van der Waals surface area contributed by atoms with E-state index < -0.39 is 28.2 Å². The number of ether oxygens (including phenoxy) is 1. The molecule has 0 spiro atoms. The summed E-state index contributed by atoms with van der Waals surface area (Å²) in [5, 5.41) is 9.81. The Balaban J connectivity index is 2.06. The number of carbonyl (C=O) groups is 2. The minimum Gasteiger partial charge on any atom is -0.481 e. The van der Waals surface area contributed by atoms with E-state index in [1.165, 1.54) is 6.08 Å². The highest BCUT2D eigenvalue weighted by molar-refractivity contribution is 5.85. The van der Waals surface area contributed by atoms with Crippen LogP contribution in [0.5, 0.6) is 0 Å². The van der Waals surface area contributed by atoms with Crippen LogP contribution in [0.4, 0.5) is 0 Å². The molecule has 0 aliphatic heterocycles. The van der Waals surface area contributed by atoms with Crippen LogP contribution in [0.1, 0.15) is 40.2 Å². The molecule has 24 heavy (non-hydrogen) atoms. The summed E-state index contributed by atoms with van der Waals surface area (Å²) in [6, 6.07) is 9.44. The van der Waals surface area contributed by atoms with Crippen LogP contribution in [-0.2, 0) is 20.9 Å². The average molecular weight is 330 g/mol. The third-order valence-electron chi connectivity index (χ3n) is 5.35. The summed E-state index contributed by atoms with van der Waals surface area (Å²) in [4.78, 5) is 23.9. The van der Waals surface area contributed by atoms with Crippen molar-refractivity contribution in [2.45, 2.75) is 41.2 Å². The number of carboxylic acids is 1. The number of benzene rings is 1. The molecule has 1 aliphatic rings. The van der Waals surface area contributed by atoms with Gasteiger partial charge in [-0.2, -0.15) is 0 Å². The smallest absolute Gasteiger partial charge is 0.330 e. The van der Waals surface area contributed by atoms with Crippen LogP contribution in [0, 0.1) is 22.2 Å². The summed E-state index contributed by atoms with van der Waals surface area (Å²) >= 11 is 0. The number of carbonyl (C=O) groups excluding carboxylic acids is 1. The Morgan fingerprint density at radius 3 is 2.25 bits per heavy atom. The Hall–Kier alpha value is -2.10. The van der Waals surface area contributed by atoms with E-state index in [0.717, 1.165) is 5.56 Å². The van der Waals surface area contributed by atoms with Gasteiger partial charge in [0, 0.05) is 12.0 Å². The molecule has 1 saturated carbocycles. The fraction of sp³-hybridized carbons (Fsp3) is 0.500. The fourth-order valence-corrected chi connectivity index (χ4v) is 4.30. The Bertz CT molecular complexity index is 652. The maximum atomic E-state index is 12.0. The largest absolute Gasteiger partial charge is 0.481 e. The van der Waals surface area contributed by atoms with Gasteiger partial charge in [-0.15, -0.1) is 0 Å². The monoisotopic (exact) mass is 330 g/mol. The van der Waals surface area contributed by atoms with Gasteiger partial charge in [-0.1, -0.05) is 71.0 Å². The van der Waals surface area contributed by atoms with Crippen LogP contribution >= 0.6 is 0 Å². The zero-order chi connectivity index (χ0) is 18.2. The number of carboxylic acid groups (broad SMARTS) is 1. The van der Waals surface area contributed by atoms with E-state index in [-0.39, 0.29) is 12.5 Å². The van der Waals surface area contributed by atoms with Gasteiger partial charge in [0.2, 0.25) is 0 Å². The maximum Gasteiger partial charge on any atom is 0.330 e. The predicted molar refractivity (Wildman–Crippen MR) is 92.2 cm³/mol. The Kier molecular flexibility index (Phi) is 4.62. The predicted octanol–water partition coefficient (Wildman–Crippen LogP) is 4.06. The Morgan fingerprint density at radius 2 is 1.79 bits per heavy atom. The molecular weight excluding hydrogens is 304 g/mol. The second kappa shape index (κ2) is 6.08. The zero-order valence-electron chi connectivity index (χ0n) is 15.0. The number of aliphatic carboxylic acids is 1. The lowest BCUT2D eigenvalue weighted by Crippen LogP contribution is -2.35. The van der Waals surface area contributed by atoms with Gasteiger partial charge in [0.25, 0.3) is 0 Å². The van der Waals surface area contributed by atoms with Gasteiger partial charge in [0.1, 0.15) is 6.61 Å². The molecule has 0 amide bonds. The lowest BCUT2D eigenvalue weighted by Gasteiger charge is -2.30. The molecule has 1 N–H and O–H groups in total. The maximum absolute atomic E-state index is 12.0. The van der Waals surface area contributed by atoms with E-state index in [0.29, 0.717) is 0 Å². The van der Waals surface area contributed by atoms with Crippen molar-refractivity contribution in [1.82, 2.24) is 0 Å². The second-order valence-corrected chi connectivity index (χ2v) is 8.01. The summed E-state index contributed by atoms with van der Waals surface area (Å²) in [5.74, 6) is -1.46. The summed E-state index contributed by atoms with van der Waals surface area (Å²) in [6.07, 6.45) is 3.07. The summed E-state index contributed by atoms with van der Waals surface area (Å²) in [6.45, 7) is 9.90.